The summed E-state index contributed by atoms with van der Waals surface area (Å²) in [5.74, 6) is -0.542. The number of ether oxygens (including phenoxy) is 2. The van der Waals surface area contributed by atoms with Crippen LogP contribution in [-0.2, 0) is 14.3 Å². The molecule has 0 bridgehead atoms. The average Bonchev–Trinajstić information content (AvgIpc) is 2.74. The fourth-order valence-corrected chi connectivity index (χ4v) is 2.91. The Hall–Kier alpha value is -0.770. The lowest BCUT2D eigenvalue weighted by Gasteiger charge is -2.44. The van der Waals surface area contributed by atoms with E-state index < -0.39 is 47.6 Å². The molecule has 0 aromatic heterocycles. The van der Waals surface area contributed by atoms with E-state index in [9.17, 15) is 14.0 Å². The highest BCUT2D eigenvalue weighted by molar-refractivity contribution is 9.10. The fraction of sp³-hybridized carbons (Fsp3) is 0.818. The van der Waals surface area contributed by atoms with Crippen LogP contribution in [0.15, 0.2) is 0 Å². The zero-order valence-electron chi connectivity index (χ0n) is 11.0. The standard InChI is InChI=1S/C11H16BrFN2O5/c1-11(12)8(17)14-10(18)15(9(11)19-2)7-3-5(13)6(4-16)20-7/h5-7,9,16H,3-4H2,1-2H3,(H,14,17,18)/t5?,6?,7?,9-,11+/m1/s1. The van der Waals surface area contributed by atoms with E-state index in [2.05, 4.69) is 21.2 Å². The number of urea groups is 1. The van der Waals surface area contributed by atoms with Gasteiger partial charge >= 0.3 is 6.03 Å². The molecule has 2 saturated heterocycles. The van der Waals surface area contributed by atoms with E-state index in [0.29, 0.717) is 0 Å². The molecule has 5 atom stereocenters. The minimum absolute atomic E-state index is 0.0875. The van der Waals surface area contributed by atoms with Crippen molar-refractivity contribution in [2.75, 3.05) is 13.7 Å². The number of hydrogen-bond donors (Lipinski definition) is 2. The molecule has 114 valence electrons. The molecule has 2 fully saturated rings. The lowest BCUT2D eigenvalue weighted by atomic mass is 10.0. The molecule has 0 aromatic rings. The van der Waals surface area contributed by atoms with Crippen LogP contribution in [0.5, 0.6) is 0 Å². The van der Waals surface area contributed by atoms with E-state index in [-0.39, 0.29) is 6.42 Å². The lowest BCUT2D eigenvalue weighted by molar-refractivity contribution is -0.153. The third-order valence-electron chi connectivity index (χ3n) is 3.49. The number of aliphatic hydroxyl groups excluding tert-OH is 1. The van der Waals surface area contributed by atoms with Crippen LogP contribution in [0, 0.1) is 0 Å². The van der Waals surface area contributed by atoms with Crippen LogP contribution in [0.3, 0.4) is 0 Å². The Labute approximate surface area is 123 Å². The summed E-state index contributed by atoms with van der Waals surface area (Å²) in [5.41, 5.74) is 0. The zero-order valence-corrected chi connectivity index (χ0v) is 12.6. The van der Waals surface area contributed by atoms with E-state index in [1.165, 1.54) is 7.11 Å². The van der Waals surface area contributed by atoms with Gasteiger partial charge in [-0.25, -0.2) is 9.18 Å². The third-order valence-corrected chi connectivity index (χ3v) is 4.24. The lowest BCUT2D eigenvalue weighted by Crippen LogP contribution is -2.69. The van der Waals surface area contributed by atoms with Crippen molar-refractivity contribution in [3.63, 3.8) is 0 Å². The minimum atomic E-state index is -1.38. The van der Waals surface area contributed by atoms with Gasteiger partial charge in [-0.05, 0) is 6.92 Å². The van der Waals surface area contributed by atoms with Crippen LogP contribution in [0.1, 0.15) is 13.3 Å². The first-order valence-electron chi connectivity index (χ1n) is 6.08. The zero-order chi connectivity index (χ0) is 15.1. The average molecular weight is 355 g/mol. The van der Waals surface area contributed by atoms with Crippen molar-refractivity contribution in [2.45, 2.75) is 42.4 Å². The highest BCUT2D eigenvalue weighted by Gasteiger charge is 2.54. The van der Waals surface area contributed by atoms with Crippen LogP contribution in [0.4, 0.5) is 9.18 Å². The molecule has 9 heteroatoms. The molecule has 0 aliphatic carbocycles. The van der Waals surface area contributed by atoms with Crippen LogP contribution in [0.25, 0.3) is 0 Å². The van der Waals surface area contributed by atoms with Crippen molar-refractivity contribution in [3.8, 4) is 0 Å². The quantitative estimate of drug-likeness (QED) is 0.702. The maximum absolute atomic E-state index is 13.7. The van der Waals surface area contributed by atoms with Crippen LogP contribution in [0.2, 0.25) is 0 Å². The van der Waals surface area contributed by atoms with Gasteiger partial charge in [0.15, 0.2) is 6.23 Å². The summed E-state index contributed by atoms with van der Waals surface area (Å²) in [6.45, 7) is 1.07. The monoisotopic (exact) mass is 354 g/mol. The number of nitrogens with one attached hydrogen (secondary N) is 1. The molecule has 2 rings (SSSR count). The van der Waals surface area contributed by atoms with Crippen molar-refractivity contribution in [2.24, 2.45) is 0 Å². The third kappa shape index (κ3) is 2.43. The number of carbonyl (C=O) groups excluding carboxylic acids is 2. The number of imide groups is 1. The summed E-state index contributed by atoms with van der Waals surface area (Å²) in [6.07, 6.45) is -4.30. The Bertz CT molecular complexity index is 422. The summed E-state index contributed by atoms with van der Waals surface area (Å²) in [7, 11) is 1.34. The molecule has 2 N–H and O–H groups in total. The van der Waals surface area contributed by atoms with Crippen LogP contribution < -0.4 is 5.32 Å². The highest BCUT2D eigenvalue weighted by Crippen LogP contribution is 2.35. The Morgan fingerprint density at radius 1 is 1.65 bits per heavy atom. The molecule has 2 aliphatic rings. The number of amides is 3. The molecule has 0 saturated carbocycles. The number of hydrogen-bond acceptors (Lipinski definition) is 5. The Kier molecular flexibility index (Phi) is 4.33. The molecule has 3 unspecified atom stereocenters. The number of methoxy groups -OCH3 is 1. The number of rotatable bonds is 3. The van der Waals surface area contributed by atoms with Gasteiger partial charge in [-0.2, -0.15) is 0 Å². The molecule has 0 radical (unpaired) electrons. The fourth-order valence-electron chi connectivity index (χ4n) is 2.40. The van der Waals surface area contributed by atoms with E-state index in [4.69, 9.17) is 14.6 Å². The van der Waals surface area contributed by atoms with Crippen molar-refractivity contribution in [1.82, 2.24) is 10.2 Å². The first-order valence-corrected chi connectivity index (χ1v) is 6.88. The van der Waals surface area contributed by atoms with Gasteiger partial charge in [-0.3, -0.25) is 15.0 Å². The first kappa shape index (κ1) is 15.6. The number of carbonyl (C=O) groups is 2. The van der Waals surface area contributed by atoms with Crippen molar-refractivity contribution >= 4 is 27.9 Å². The highest BCUT2D eigenvalue weighted by atomic mass is 79.9. The second kappa shape index (κ2) is 5.55. The molecule has 2 heterocycles. The Morgan fingerprint density at radius 3 is 2.80 bits per heavy atom. The van der Waals surface area contributed by atoms with Gasteiger partial charge in [0.1, 0.15) is 22.8 Å². The second-order valence-corrected chi connectivity index (χ2v) is 6.54. The van der Waals surface area contributed by atoms with E-state index >= 15 is 0 Å². The van der Waals surface area contributed by atoms with Gasteiger partial charge < -0.3 is 14.6 Å². The molecule has 2 aliphatic heterocycles. The van der Waals surface area contributed by atoms with E-state index in [0.717, 1.165) is 4.90 Å². The maximum Gasteiger partial charge on any atom is 0.328 e. The molecule has 0 spiro atoms. The normalized spacial score (nSPS) is 42.0. The van der Waals surface area contributed by atoms with Crippen molar-refractivity contribution in [3.05, 3.63) is 0 Å². The van der Waals surface area contributed by atoms with Gasteiger partial charge in [0, 0.05) is 13.5 Å². The first-order chi connectivity index (χ1) is 9.32. The van der Waals surface area contributed by atoms with Gasteiger partial charge in [0.2, 0.25) is 5.91 Å². The van der Waals surface area contributed by atoms with Crippen molar-refractivity contribution < 1.29 is 28.6 Å². The van der Waals surface area contributed by atoms with Crippen LogP contribution in [-0.4, -0.2) is 64.7 Å². The second-order valence-electron chi connectivity index (χ2n) is 4.89. The molecular formula is C11H16BrFN2O5. The Morgan fingerprint density at radius 2 is 2.30 bits per heavy atom. The van der Waals surface area contributed by atoms with Gasteiger partial charge in [-0.1, -0.05) is 15.9 Å². The number of nitrogens with zero attached hydrogens (tertiary/aromatic N) is 1. The maximum atomic E-state index is 13.7. The molecule has 20 heavy (non-hydrogen) atoms. The van der Waals surface area contributed by atoms with Crippen molar-refractivity contribution in [1.29, 1.82) is 0 Å². The smallest absolute Gasteiger partial charge is 0.328 e. The largest absolute Gasteiger partial charge is 0.394 e. The molecular weight excluding hydrogens is 339 g/mol. The number of alkyl halides is 2. The summed E-state index contributed by atoms with van der Waals surface area (Å²) in [5, 5.41) is 11.2. The van der Waals surface area contributed by atoms with E-state index in [1.54, 1.807) is 6.92 Å². The molecule has 0 aromatic carbocycles. The predicted molar refractivity (Wildman–Crippen MR) is 68.8 cm³/mol. The summed E-state index contributed by atoms with van der Waals surface area (Å²) < 4.78 is 23.0. The predicted octanol–water partition coefficient (Wildman–Crippen LogP) is 0.110. The summed E-state index contributed by atoms with van der Waals surface area (Å²) >= 11 is 3.22. The summed E-state index contributed by atoms with van der Waals surface area (Å²) in [4.78, 5) is 24.9. The minimum Gasteiger partial charge on any atom is -0.394 e. The molecule has 7 nitrogen and oxygen atoms in total. The molecule has 3 amide bonds. The number of halogens is 2. The van der Waals surface area contributed by atoms with Gasteiger partial charge in [0.25, 0.3) is 0 Å². The Balaban J connectivity index is 2.25. The summed E-state index contributed by atoms with van der Waals surface area (Å²) in [6, 6.07) is -0.713. The van der Waals surface area contributed by atoms with Gasteiger partial charge in [0.05, 0.1) is 6.61 Å². The van der Waals surface area contributed by atoms with Crippen LogP contribution >= 0.6 is 15.9 Å². The topological polar surface area (TPSA) is 88.1 Å². The SMILES string of the molecule is CO[C@H]1N(C2CC(F)C(CO)O2)C(=O)NC(=O)[C@]1(C)Br. The van der Waals surface area contributed by atoms with Gasteiger partial charge in [-0.15, -0.1) is 0 Å². The van der Waals surface area contributed by atoms with E-state index in [1.807, 2.05) is 0 Å². The number of aliphatic hydroxyl groups is 1.